The summed E-state index contributed by atoms with van der Waals surface area (Å²) in [6.07, 6.45) is 1.69. The number of anilines is 1. The van der Waals surface area contributed by atoms with E-state index in [1.165, 1.54) is 0 Å². The molecule has 1 aromatic heterocycles. The van der Waals surface area contributed by atoms with Crippen molar-refractivity contribution in [3.8, 4) is 0 Å². The highest BCUT2D eigenvalue weighted by Gasteiger charge is 2.24. The van der Waals surface area contributed by atoms with Crippen LogP contribution in [0.15, 0.2) is 24.3 Å². The lowest BCUT2D eigenvalue weighted by molar-refractivity contribution is 0.0517. The molecule has 0 radical (unpaired) electrons. The van der Waals surface area contributed by atoms with Gasteiger partial charge in [0.05, 0.1) is 11.0 Å². The topological polar surface area (TPSA) is 67.3 Å². The summed E-state index contributed by atoms with van der Waals surface area (Å²) in [7, 11) is 0. The predicted octanol–water partition coefficient (Wildman–Crippen LogP) is 4.02. The molecule has 26 heavy (non-hydrogen) atoms. The second kappa shape index (κ2) is 7.66. The van der Waals surface area contributed by atoms with Gasteiger partial charge in [0.1, 0.15) is 5.60 Å². The number of carbonyl (C=O) groups excluding carboxylic acids is 1. The fourth-order valence-electron chi connectivity index (χ4n) is 3.14. The molecule has 1 aliphatic heterocycles. The first-order valence-electron chi connectivity index (χ1n) is 8.96. The third-order valence-corrected chi connectivity index (χ3v) is 4.52. The number of aromatic nitrogens is 2. The number of nitrogens with one attached hydrogen (secondary N) is 1. The monoisotopic (exact) mass is 376 g/mol. The van der Waals surface area contributed by atoms with Crippen molar-refractivity contribution < 1.29 is 9.53 Å². The Balaban J connectivity index is 1.65. The third kappa shape index (κ3) is 4.75. The number of piperidine rings is 1. The number of ether oxygens (including phenoxy) is 1. The Labute approximate surface area is 158 Å². The van der Waals surface area contributed by atoms with E-state index in [0.29, 0.717) is 23.4 Å². The Bertz CT molecular complexity index is 791. The molecule has 2 heterocycles. The van der Waals surface area contributed by atoms with Crippen molar-refractivity contribution in [3.63, 3.8) is 0 Å². The number of alkyl carbamates (subject to hydrolysis) is 1. The van der Waals surface area contributed by atoms with Gasteiger partial charge in [-0.2, -0.15) is 0 Å². The van der Waals surface area contributed by atoms with Crippen molar-refractivity contribution in [2.24, 2.45) is 5.92 Å². The van der Waals surface area contributed by atoms with Gasteiger partial charge < -0.3 is 15.0 Å². The molecule has 0 bridgehead atoms. The number of hydrogen-bond donors (Lipinski definition) is 1. The van der Waals surface area contributed by atoms with E-state index < -0.39 is 5.60 Å². The van der Waals surface area contributed by atoms with Crippen LogP contribution < -0.4 is 10.2 Å². The molecule has 0 aliphatic carbocycles. The maximum Gasteiger partial charge on any atom is 0.407 e. The zero-order valence-corrected chi connectivity index (χ0v) is 16.2. The van der Waals surface area contributed by atoms with E-state index in [4.69, 9.17) is 21.3 Å². The van der Waals surface area contributed by atoms with Gasteiger partial charge in [-0.25, -0.2) is 14.8 Å². The molecule has 3 rings (SSSR count). The molecule has 0 spiro atoms. The lowest BCUT2D eigenvalue weighted by Crippen LogP contribution is -2.42. The molecule has 1 amide bonds. The summed E-state index contributed by atoms with van der Waals surface area (Å²) in [4.78, 5) is 23.2. The van der Waals surface area contributed by atoms with Gasteiger partial charge in [0.2, 0.25) is 0 Å². The van der Waals surface area contributed by atoms with Crippen LogP contribution in [0.5, 0.6) is 0 Å². The van der Waals surface area contributed by atoms with Crippen molar-refractivity contribution in [2.75, 3.05) is 24.5 Å². The molecule has 6 nitrogen and oxygen atoms in total. The summed E-state index contributed by atoms with van der Waals surface area (Å²) in [5, 5.41) is 3.29. The smallest absolute Gasteiger partial charge is 0.407 e. The summed E-state index contributed by atoms with van der Waals surface area (Å²) in [5.41, 5.74) is 1.14. The van der Waals surface area contributed by atoms with E-state index >= 15 is 0 Å². The van der Waals surface area contributed by atoms with Crippen LogP contribution in [0.2, 0.25) is 5.15 Å². The highest BCUT2D eigenvalue weighted by molar-refractivity contribution is 6.32. The number of carbonyl (C=O) groups is 1. The van der Waals surface area contributed by atoms with Crippen LogP contribution in [-0.2, 0) is 4.74 Å². The number of nitrogens with zero attached hydrogens (tertiary/aromatic N) is 3. The van der Waals surface area contributed by atoms with Crippen molar-refractivity contribution in [1.82, 2.24) is 15.3 Å². The predicted molar refractivity (Wildman–Crippen MR) is 104 cm³/mol. The average molecular weight is 377 g/mol. The lowest BCUT2D eigenvalue weighted by atomic mass is 9.98. The minimum atomic E-state index is -0.489. The summed E-state index contributed by atoms with van der Waals surface area (Å²) in [6.45, 7) is 7.81. The van der Waals surface area contributed by atoms with Gasteiger partial charge in [-0.3, -0.25) is 0 Å². The molecule has 1 saturated heterocycles. The minimum absolute atomic E-state index is 0.320. The maximum absolute atomic E-state index is 11.9. The Kier molecular flexibility index (Phi) is 5.51. The third-order valence-electron chi connectivity index (χ3n) is 4.26. The lowest BCUT2D eigenvalue weighted by Gasteiger charge is -2.34. The SMILES string of the molecule is CC(C)(C)OC(=O)NCC1CCCN(c2nc3ccccc3nc2Cl)C1. The number of hydrogen-bond acceptors (Lipinski definition) is 5. The molecule has 1 N–H and O–H groups in total. The maximum atomic E-state index is 11.9. The quantitative estimate of drug-likeness (QED) is 0.876. The highest BCUT2D eigenvalue weighted by atomic mass is 35.5. The molecule has 1 aliphatic rings. The molecule has 1 aromatic carbocycles. The Hall–Kier alpha value is -2.08. The van der Waals surface area contributed by atoms with Crippen LogP contribution in [0, 0.1) is 5.92 Å². The van der Waals surface area contributed by atoms with Gasteiger partial charge >= 0.3 is 6.09 Å². The molecule has 7 heteroatoms. The van der Waals surface area contributed by atoms with Gasteiger partial charge in [-0.15, -0.1) is 0 Å². The molecule has 0 saturated carbocycles. The summed E-state index contributed by atoms with van der Waals surface area (Å²) in [6, 6.07) is 7.71. The normalized spacial score (nSPS) is 18.0. The first kappa shape index (κ1) is 18.7. The second-order valence-corrected chi connectivity index (χ2v) is 8.02. The zero-order valence-electron chi connectivity index (χ0n) is 15.5. The van der Waals surface area contributed by atoms with Crippen LogP contribution in [-0.4, -0.2) is 41.3 Å². The van der Waals surface area contributed by atoms with Crippen LogP contribution in [0.1, 0.15) is 33.6 Å². The van der Waals surface area contributed by atoms with E-state index in [2.05, 4.69) is 15.2 Å². The number of halogens is 1. The first-order valence-corrected chi connectivity index (χ1v) is 9.34. The van der Waals surface area contributed by atoms with E-state index in [1.54, 1.807) is 0 Å². The zero-order chi connectivity index (χ0) is 18.7. The molecule has 1 unspecified atom stereocenters. The van der Waals surface area contributed by atoms with Crippen molar-refractivity contribution in [2.45, 2.75) is 39.2 Å². The van der Waals surface area contributed by atoms with E-state index in [9.17, 15) is 4.79 Å². The molecule has 1 fully saturated rings. The van der Waals surface area contributed by atoms with Gasteiger partial charge in [-0.05, 0) is 51.7 Å². The molecular weight excluding hydrogens is 352 g/mol. The summed E-state index contributed by atoms with van der Waals surface area (Å²) < 4.78 is 5.30. The van der Waals surface area contributed by atoms with E-state index in [0.717, 1.165) is 37.0 Å². The van der Waals surface area contributed by atoms with E-state index in [1.807, 2.05) is 45.0 Å². The average Bonchev–Trinajstić information content (AvgIpc) is 2.58. The van der Waals surface area contributed by atoms with E-state index in [-0.39, 0.29) is 6.09 Å². The van der Waals surface area contributed by atoms with Crippen LogP contribution in [0.25, 0.3) is 11.0 Å². The van der Waals surface area contributed by atoms with Gasteiger partial charge in [0.25, 0.3) is 0 Å². The Morgan fingerprint density at radius 3 is 2.69 bits per heavy atom. The number of fused-ring (bicyclic) bond motifs is 1. The van der Waals surface area contributed by atoms with Gasteiger partial charge in [0.15, 0.2) is 11.0 Å². The summed E-state index contributed by atoms with van der Waals surface area (Å²) in [5.74, 6) is 1.04. The minimum Gasteiger partial charge on any atom is -0.444 e. The molecule has 140 valence electrons. The van der Waals surface area contributed by atoms with Crippen LogP contribution in [0.3, 0.4) is 0 Å². The number of para-hydroxylation sites is 2. The Morgan fingerprint density at radius 2 is 2.00 bits per heavy atom. The van der Waals surface area contributed by atoms with Crippen molar-refractivity contribution in [3.05, 3.63) is 29.4 Å². The summed E-state index contributed by atoms with van der Waals surface area (Å²) >= 11 is 6.38. The van der Waals surface area contributed by atoms with Crippen LogP contribution >= 0.6 is 11.6 Å². The van der Waals surface area contributed by atoms with Crippen molar-refractivity contribution in [1.29, 1.82) is 0 Å². The highest BCUT2D eigenvalue weighted by Crippen LogP contribution is 2.28. The number of rotatable bonds is 3. The van der Waals surface area contributed by atoms with Crippen LogP contribution in [0.4, 0.5) is 10.6 Å². The largest absolute Gasteiger partial charge is 0.444 e. The van der Waals surface area contributed by atoms with Gasteiger partial charge in [-0.1, -0.05) is 23.7 Å². The fourth-order valence-corrected chi connectivity index (χ4v) is 3.39. The number of amides is 1. The Morgan fingerprint density at radius 1 is 1.31 bits per heavy atom. The number of benzene rings is 1. The standard InChI is InChI=1S/C19H25ClN4O2/c1-19(2,3)26-18(25)21-11-13-7-6-10-24(12-13)17-16(20)22-14-8-4-5-9-15(14)23-17/h4-5,8-9,13H,6-7,10-12H2,1-3H3,(H,21,25). The van der Waals surface area contributed by atoms with Crippen molar-refractivity contribution >= 4 is 34.5 Å². The molecular formula is C19H25ClN4O2. The van der Waals surface area contributed by atoms with Gasteiger partial charge in [0, 0.05) is 19.6 Å². The molecule has 2 aromatic rings. The first-order chi connectivity index (χ1) is 12.3. The molecule has 1 atom stereocenters. The second-order valence-electron chi connectivity index (χ2n) is 7.66. The fraction of sp³-hybridized carbons (Fsp3) is 0.526.